The molecular formula is C26H17ClN2O5. The Hall–Kier alpha value is -4.23. The topological polar surface area (TPSA) is 89.7 Å². The zero-order valence-corrected chi connectivity index (χ0v) is 18.7. The lowest BCUT2D eigenvalue weighted by atomic mass is 10.1. The summed E-state index contributed by atoms with van der Waals surface area (Å²) < 4.78 is 11.1. The van der Waals surface area contributed by atoms with Gasteiger partial charge in [-0.1, -0.05) is 41.9 Å². The van der Waals surface area contributed by atoms with Gasteiger partial charge in [0.2, 0.25) is 5.89 Å². The van der Waals surface area contributed by atoms with Crippen LogP contribution in [0.2, 0.25) is 5.02 Å². The molecule has 0 spiro atoms. The molecule has 0 N–H and O–H groups in total. The molecule has 1 aromatic heterocycles. The fraction of sp³-hybridized carbons (Fsp3) is 0.0769. The van der Waals surface area contributed by atoms with Crippen LogP contribution in [0.1, 0.15) is 42.5 Å². The number of oxazole rings is 1. The molecule has 0 saturated carbocycles. The molecule has 0 saturated heterocycles. The Balaban J connectivity index is 1.34. The SMILES string of the molecule is Cc1oc(-c2ccccc2)nc1COC(=O)c1ccc2c(c1)C(=O)N(c1ccccc1Cl)C2=O. The zero-order valence-electron chi connectivity index (χ0n) is 17.9. The molecule has 0 unspecified atom stereocenters. The summed E-state index contributed by atoms with van der Waals surface area (Å²) in [5.41, 5.74) is 2.04. The van der Waals surface area contributed by atoms with Gasteiger partial charge in [0.05, 0.1) is 27.4 Å². The van der Waals surface area contributed by atoms with Gasteiger partial charge in [-0.15, -0.1) is 0 Å². The van der Waals surface area contributed by atoms with Crippen molar-refractivity contribution < 1.29 is 23.5 Å². The first-order valence-electron chi connectivity index (χ1n) is 10.4. The number of esters is 1. The molecular weight excluding hydrogens is 456 g/mol. The molecule has 1 aliphatic heterocycles. The molecule has 168 valence electrons. The zero-order chi connectivity index (χ0) is 23.8. The summed E-state index contributed by atoms with van der Waals surface area (Å²) in [7, 11) is 0. The highest BCUT2D eigenvalue weighted by molar-refractivity contribution is 6.39. The smallest absolute Gasteiger partial charge is 0.338 e. The number of nitrogens with zero attached hydrogens (tertiary/aromatic N) is 2. The summed E-state index contributed by atoms with van der Waals surface area (Å²) in [6, 6.07) is 20.2. The van der Waals surface area contributed by atoms with Gasteiger partial charge in [-0.05, 0) is 49.4 Å². The summed E-state index contributed by atoms with van der Waals surface area (Å²) in [6.07, 6.45) is 0. The Labute approximate surface area is 199 Å². The van der Waals surface area contributed by atoms with Crippen LogP contribution in [0.15, 0.2) is 77.2 Å². The van der Waals surface area contributed by atoms with Gasteiger partial charge in [-0.3, -0.25) is 9.59 Å². The van der Waals surface area contributed by atoms with Crippen molar-refractivity contribution in [3.05, 3.63) is 106 Å². The van der Waals surface area contributed by atoms with Crippen LogP contribution < -0.4 is 4.90 Å². The van der Waals surface area contributed by atoms with Crippen LogP contribution in [-0.2, 0) is 11.3 Å². The fourth-order valence-corrected chi connectivity index (χ4v) is 3.92. The number of benzene rings is 3. The van der Waals surface area contributed by atoms with Gasteiger partial charge in [0.15, 0.2) is 0 Å². The summed E-state index contributed by atoms with van der Waals surface area (Å²) in [5, 5.41) is 0.273. The maximum atomic E-state index is 13.0. The number of amides is 2. The number of carbonyl (C=O) groups is 3. The summed E-state index contributed by atoms with van der Waals surface area (Å²) in [6.45, 7) is 1.64. The quantitative estimate of drug-likeness (QED) is 0.283. The standard InChI is InChI=1S/C26H17ClN2O5/c1-15-21(28-23(34-15)16-7-3-2-4-8-16)14-33-26(32)17-11-12-18-19(13-17)25(31)29(24(18)30)22-10-6-5-9-20(22)27/h2-13H,14H2,1H3. The number of para-hydroxylation sites is 1. The predicted octanol–water partition coefficient (Wildman–Crippen LogP) is 5.46. The minimum atomic E-state index is -0.650. The molecule has 5 rings (SSSR count). The van der Waals surface area contributed by atoms with Gasteiger partial charge < -0.3 is 9.15 Å². The van der Waals surface area contributed by atoms with Crippen molar-refractivity contribution in [3.63, 3.8) is 0 Å². The number of hydrogen-bond acceptors (Lipinski definition) is 6. The first kappa shape index (κ1) is 21.6. The van der Waals surface area contributed by atoms with E-state index in [1.807, 2.05) is 30.3 Å². The van der Waals surface area contributed by atoms with Crippen LogP contribution in [0.4, 0.5) is 5.69 Å². The van der Waals surface area contributed by atoms with Gasteiger partial charge >= 0.3 is 5.97 Å². The number of hydrogen-bond donors (Lipinski definition) is 0. The third-order valence-corrected chi connectivity index (χ3v) is 5.79. The van der Waals surface area contributed by atoms with Gasteiger partial charge in [0, 0.05) is 5.56 Å². The lowest BCUT2D eigenvalue weighted by Gasteiger charge is -2.15. The number of halogens is 1. The van der Waals surface area contributed by atoms with Crippen LogP contribution >= 0.6 is 11.6 Å². The molecule has 0 atom stereocenters. The minimum absolute atomic E-state index is 0.100. The summed E-state index contributed by atoms with van der Waals surface area (Å²) in [5.74, 6) is -0.729. The van der Waals surface area contributed by atoms with E-state index in [1.165, 1.54) is 18.2 Å². The molecule has 4 aromatic rings. The monoisotopic (exact) mass is 472 g/mol. The molecule has 2 heterocycles. The van der Waals surface area contributed by atoms with E-state index in [9.17, 15) is 14.4 Å². The van der Waals surface area contributed by atoms with Crippen LogP contribution in [-0.4, -0.2) is 22.8 Å². The Morgan fingerprint density at radius 3 is 2.44 bits per heavy atom. The van der Waals surface area contributed by atoms with E-state index in [-0.39, 0.29) is 34.0 Å². The number of aromatic nitrogens is 1. The van der Waals surface area contributed by atoms with E-state index in [4.69, 9.17) is 20.8 Å². The van der Waals surface area contributed by atoms with Crippen molar-refractivity contribution in [2.24, 2.45) is 0 Å². The van der Waals surface area contributed by atoms with Gasteiger partial charge in [-0.2, -0.15) is 0 Å². The third-order valence-electron chi connectivity index (χ3n) is 5.47. The van der Waals surface area contributed by atoms with Crippen LogP contribution in [0.3, 0.4) is 0 Å². The number of anilines is 1. The highest BCUT2D eigenvalue weighted by Crippen LogP contribution is 2.33. The van der Waals surface area contributed by atoms with E-state index in [0.717, 1.165) is 10.5 Å². The summed E-state index contributed by atoms with van der Waals surface area (Å²) in [4.78, 5) is 43.9. The van der Waals surface area contributed by atoms with Gasteiger partial charge in [-0.25, -0.2) is 14.7 Å². The molecule has 2 amide bonds. The second kappa shape index (κ2) is 8.61. The molecule has 8 heteroatoms. The van der Waals surface area contributed by atoms with Gasteiger partial charge in [0.25, 0.3) is 11.8 Å². The van der Waals surface area contributed by atoms with E-state index in [1.54, 1.807) is 31.2 Å². The van der Waals surface area contributed by atoms with E-state index < -0.39 is 17.8 Å². The third kappa shape index (κ3) is 3.76. The Bertz CT molecular complexity index is 1440. The average molecular weight is 473 g/mol. The van der Waals surface area contributed by atoms with Crippen LogP contribution in [0.5, 0.6) is 0 Å². The summed E-state index contributed by atoms with van der Waals surface area (Å²) >= 11 is 6.18. The first-order valence-corrected chi connectivity index (χ1v) is 10.8. The van der Waals surface area contributed by atoms with Crippen molar-refractivity contribution in [2.45, 2.75) is 13.5 Å². The number of ether oxygens (including phenoxy) is 1. The number of aryl methyl sites for hydroxylation is 1. The van der Waals surface area contributed by atoms with Crippen molar-refractivity contribution in [2.75, 3.05) is 4.90 Å². The number of imide groups is 1. The Kier molecular flexibility index (Phi) is 5.47. The van der Waals surface area contributed by atoms with Crippen molar-refractivity contribution in [1.82, 2.24) is 4.98 Å². The molecule has 0 bridgehead atoms. The van der Waals surface area contributed by atoms with E-state index in [0.29, 0.717) is 17.3 Å². The Morgan fingerprint density at radius 1 is 0.971 bits per heavy atom. The molecule has 7 nitrogen and oxygen atoms in total. The fourth-order valence-electron chi connectivity index (χ4n) is 3.70. The van der Waals surface area contributed by atoms with Gasteiger partial charge in [0.1, 0.15) is 18.1 Å². The maximum absolute atomic E-state index is 13.0. The first-order chi connectivity index (χ1) is 16.4. The highest BCUT2D eigenvalue weighted by Gasteiger charge is 2.38. The van der Waals surface area contributed by atoms with Crippen molar-refractivity contribution >= 4 is 35.1 Å². The van der Waals surface area contributed by atoms with Crippen LogP contribution in [0.25, 0.3) is 11.5 Å². The number of carbonyl (C=O) groups excluding carboxylic acids is 3. The minimum Gasteiger partial charge on any atom is -0.455 e. The molecule has 0 radical (unpaired) electrons. The molecule has 3 aromatic carbocycles. The maximum Gasteiger partial charge on any atom is 0.338 e. The molecule has 1 aliphatic rings. The average Bonchev–Trinajstić information content (AvgIpc) is 3.35. The second-order valence-electron chi connectivity index (χ2n) is 7.62. The largest absolute Gasteiger partial charge is 0.455 e. The van der Waals surface area contributed by atoms with E-state index >= 15 is 0 Å². The molecule has 0 aliphatic carbocycles. The predicted molar refractivity (Wildman–Crippen MR) is 125 cm³/mol. The highest BCUT2D eigenvalue weighted by atomic mass is 35.5. The van der Waals surface area contributed by atoms with Crippen LogP contribution in [0, 0.1) is 6.92 Å². The van der Waals surface area contributed by atoms with Crippen molar-refractivity contribution in [3.8, 4) is 11.5 Å². The second-order valence-corrected chi connectivity index (χ2v) is 8.03. The van der Waals surface area contributed by atoms with E-state index in [2.05, 4.69) is 4.98 Å². The number of rotatable bonds is 5. The number of fused-ring (bicyclic) bond motifs is 1. The normalized spacial score (nSPS) is 12.7. The molecule has 0 fully saturated rings. The lowest BCUT2D eigenvalue weighted by Crippen LogP contribution is -2.29. The van der Waals surface area contributed by atoms with Crippen molar-refractivity contribution in [1.29, 1.82) is 0 Å². The lowest BCUT2D eigenvalue weighted by molar-refractivity contribution is 0.0466. The molecule has 34 heavy (non-hydrogen) atoms. The Morgan fingerprint density at radius 2 is 1.68 bits per heavy atom.